The third-order valence-corrected chi connectivity index (χ3v) is 5.69. The summed E-state index contributed by atoms with van der Waals surface area (Å²) in [5.74, 6) is -6.98. The fraction of sp³-hybridized carbons (Fsp3) is 0.480. The van der Waals surface area contributed by atoms with Crippen LogP contribution in [0.4, 0.5) is 0 Å². The molecule has 0 saturated heterocycles. The highest BCUT2D eigenvalue weighted by atomic mass is 16.4. The van der Waals surface area contributed by atoms with Gasteiger partial charge in [0.15, 0.2) is 0 Å². The summed E-state index contributed by atoms with van der Waals surface area (Å²) in [5.41, 5.74) is 6.65. The molecule has 5 atom stereocenters. The van der Waals surface area contributed by atoms with Crippen LogP contribution in [0.1, 0.15) is 12.5 Å². The summed E-state index contributed by atoms with van der Waals surface area (Å²) in [6.45, 7) is -2.95. The number of hydrogen-bond acceptors (Lipinski definition) is 11. The number of carboxylic acids is 1. The van der Waals surface area contributed by atoms with Crippen LogP contribution < -0.4 is 37.6 Å². The summed E-state index contributed by atoms with van der Waals surface area (Å²) < 4.78 is 0. The van der Waals surface area contributed by atoms with Gasteiger partial charge in [0.1, 0.15) is 30.7 Å². The number of carbonyl (C=O) groups is 7. The second kappa shape index (κ2) is 18.7. The summed E-state index contributed by atoms with van der Waals surface area (Å²) in [5, 5.41) is 50.0. The van der Waals surface area contributed by atoms with Crippen LogP contribution in [0.5, 0.6) is 0 Å². The average molecular weight is 612 g/mol. The number of carbonyl (C=O) groups excluding carboxylic acids is 6. The van der Waals surface area contributed by atoms with Crippen LogP contribution in [0.15, 0.2) is 30.3 Å². The first-order chi connectivity index (χ1) is 20.3. The first-order valence-corrected chi connectivity index (χ1v) is 12.9. The van der Waals surface area contributed by atoms with Crippen molar-refractivity contribution in [1.82, 2.24) is 31.9 Å². The number of aliphatic carboxylic acids is 1. The van der Waals surface area contributed by atoms with Crippen molar-refractivity contribution in [3.63, 3.8) is 0 Å². The summed E-state index contributed by atoms with van der Waals surface area (Å²) in [6.07, 6.45) is 0.209. The minimum absolute atomic E-state index is 0.209. The summed E-state index contributed by atoms with van der Waals surface area (Å²) in [6, 6.07) is 1.74. The van der Waals surface area contributed by atoms with Gasteiger partial charge >= 0.3 is 5.97 Å². The third kappa shape index (κ3) is 13.3. The Bertz CT molecular complexity index is 1140. The molecule has 0 unspecified atom stereocenters. The molecule has 18 nitrogen and oxygen atoms in total. The van der Waals surface area contributed by atoms with Gasteiger partial charge in [-0.15, -0.1) is 0 Å². The lowest BCUT2D eigenvalue weighted by molar-refractivity contribution is -0.138. The first-order valence-electron chi connectivity index (χ1n) is 12.9. The van der Waals surface area contributed by atoms with Gasteiger partial charge in [0.2, 0.25) is 35.4 Å². The lowest BCUT2D eigenvalue weighted by Crippen LogP contribution is -2.60. The number of amides is 6. The Morgan fingerprint density at radius 3 is 1.63 bits per heavy atom. The predicted octanol–water partition coefficient (Wildman–Crippen LogP) is -6.19. The van der Waals surface area contributed by atoms with Crippen molar-refractivity contribution in [2.45, 2.75) is 43.6 Å². The van der Waals surface area contributed by atoms with E-state index in [9.17, 15) is 48.9 Å². The van der Waals surface area contributed by atoms with Crippen LogP contribution in [0.25, 0.3) is 0 Å². The van der Waals surface area contributed by atoms with Crippen molar-refractivity contribution in [1.29, 1.82) is 0 Å². The highest BCUT2D eigenvalue weighted by Gasteiger charge is 2.30. The molecular weight excluding hydrogens is 574 g/mol. The summed E-state index contributed by atoms with van der Waals surface area (Å²) in [4.78, 5) is 84.3. The molecule has 6 amide bonds. The Morgan fingerprint density at radius 1 is 0.674 bits per heavy atom. The lowest BCUT2D eigenvalue weighted by Gasteiger charge is -2.24. The van der Waals surface area contributed by atoms with Crippen molar-refractivity contribution in [3.8, 4) is 0 Å². The van der Waals surface area contributed by atoms with Crippen LogP contribution in [-0.4, -0.2) is 125 Å². The number of aliphatic hydroxyl groups is 3. The molecule has 0 fully saturated rings. The largest absolute Gasteiger partial charge is 0.480 e. The lowest BCUT2D eigenvalue weighted by atomic mass is 10.1. The zero-order chi connectivity index (χ0) is 32.5. The van der Waals surface area contributed by atoms with E-state index in [-0.39, 0.29) is 6.42 Å². The molecule has 0 saturated carbocycles. The van der Waals surface area contributed by atoms with Crippen molar-refractivity contribution >= 4 is 41.4 Å². The maximum Gasteiger partial charge on any atom is 0.322 e. The van der Waals surface area contributed by atoms with Gasteiger partial charge in [-0.1, -0.05) is 30.3 Å². The van der Waals surface area contributed by atoms with Gasteiger partial charge in [0.05, 0.1) is 32.4 Å². The predicted molar refractivity (Wildman–Crippen MR) is 146 cm³/mol. The molecule has 0 bridgehead atoms. The monoisotopic (exact) mass is 611 g/mol. The molecule has 0 aliphatic carbocycles. The van der Waals surface area contributed by atoms with Crippen molar-refractivity contribution < 1.29 is 54.0 Å². The molecule has 0 heterocycles. The van der Waals surface area contributed by atoms with Gasteiger partial charge in [0.25, 0.3) is 0 Å². The number of hydrogen-bond donors (Lipinski definition) is 11. The fourth-order valence-corrected chi connectivity index (χ4v) is 3.33. The minimum atomic E-state index is -1.70. The van der Waals surface area contributed by atoms with Crippen LogP contribution >= 0.6 is 0 Å². The van der Waals surface area contributed by atoms with Crippen LogP contribution in [0, 0.1) is 0 Å². The molecule has 18 heteroatoms. The van der Waals surface area contributed by atoms with Crippen LogP contribution in [0.3, 0.4) is 0 Å². The first kappa shape index (κ1) is 36.4. The van der Waals surface area contributed by atoms with E-state index in [1.165, 1.54) is 6.92 Å². The third-order valence-electron chi connectivity index (χ3n) is 5.69. The molecule has 238 valence electrons. The average Bonchev–Trinajstić information content (AvgIpc) is 2.98. The Balaban J connectivity index is 2.63. The molecule has 0 aliphatic heterocycles. The quantitative estimate of drug-likeness (QED) is 0.0739. The van der Waals surface area contributed by atoms with Crippen LogP contribution in [0.2, 0.25) is 0 Å². The molecule has 0 spiro atoms. The molecule has 1 aromatic rings. The van der Waals surface area contributed by atoms with E-state index in [0.29, 0.717) is 0 Å². The second-order valence-electron chi connectivity index (χ2n) is 9.15. The normalized spacial score (nSPS) is 14.1. The Morgan fingerprint density at radius 2 is 1.14 bits per heavy atom. The van der Waals surface area contributed by atoms with E-state index in [0.717, 1.165) is 5.56 Å². The Labute approximate surface area is 245 Å². The molecule has 0 radical (unpaired) electrons. The van der Waals surface area contributed by atoms with Gasteiger partial charge < -0.3 is 58.1 Å². The number of nitrogens with one attached hydrogen (secondary N) is 6. The summed E-state index contributed by atoms with van der Waals surface area (Å²) in [7, 11) is 0. The fourth-order valence-electron chi connectivity index (χ4n) is 3.33. The van der Waals surface area contributed by atoms with Crippen molar-refractivity contribution in [3.05, 3.63) is 35.9 Å². The zero-order valence-corrected chi connectivity index (χ0v) is 23.2. The maximum atomic E-state index is 12.6. The van der Waals surface area contributed by atoms with Crippen LogP contribution in [-0.2, 0) is 40.0 Å². The molecule has 0 aliphatic rings. The van der Waals surface area contributed by atoms with Crippen molar-refractivity contribution in [2.24, 2.45) is 5.73 Å². The van der Waals surface area contributed by atoms with E-state index in [1.54, 1.807) is 30.3 Å². The van der Waals surface area contributed by atoms with E-state index in [2.05, 4.69) is 26.6 Å². The highest BCUT2D eigenvalue weighted by molar-refractivity contribution is 5.96. The topological polar surface area (TPSA) is 299 Å². The molecule has 12 N–H and O–H groups in total. The number of aliphatic hydroxyl groups excluding tert-OH is 3. The maximum absolute atomic E-state index is 12.6. The smallest absolute Gasteiger partial charge is 0.322 e. The number of rotatable bonds is 18. The SMILES string of the molecule is C[C@H](NC(=O)[C@H](CO)NC(=O)[C@H](CO)NC(=O)[C@H](CO)NC(=O)CNC(=O)[C@@H](N)Cc1ccccc1)C(=O)NCC(=O)O. The Hall–Kier alpha value is -4.65. The highest BCUT2D eigenvalue weighted by Crippen LogP contribution is 2.01. The van der Waals surface area contributed by atoms with E-state index in [1.807, 2.05) is 5.32 Å². The second-order valence-corrected chi connectivity index (χ2v) is 9.15. The number of nitrogens with two attached hydrogens (primary N) is 1. The van der Waals surface area contributed by atoms with Gasteiger partial charge in [0, 0.05) is 0 Å². The molecular formula is C25H37N7O11. The van der Waals surface area contributed by atoms with Gasteiger partial charge in [-0.2, -0.15) is 0 Å². The standard InChI is InChI=1S/C25H37N7O11/c1-13(21(39)28-9-20(37)38)29-23(41)17(11-34)31-25(43)18(12-35)32-24(42)16(10-33)30-19(36)8-27-22(40)15(26)7-14-5-3-2-4-6-14/h2-6,13,15-18,33-35H,7-12,26H2,1H3,(H,27,40)(H,28,39)(H,29,41)(H,30,36)(H,31,43)(H,32,42)(H,37,38)/t13-,15-,16-,17-,18-/m0/s1. The van der Waals surface area contributed by atoms with E-state index < -0.39 is 105 Å². The Kier molecular flexibility index (Phi) is 15.8. The van der Waals surface area contributed by atoms with E-state index in [4.69, 9.17) is 10.8 Å². The molecule has 1 aromatic carbocycles. The van der Waals surface area contributed by atoms with E-state index >= 15 is 0 Å². The summed E-state index contributed by atoms with van der Waals surface area (Å²) >= 11 is 0. The van der Waals surface area contributed by atoms with Crippen molar-refractivity contribution in [2.75, 3.05) is 32.9 Å². The van der Waals surface area contributed by atoms with Gasteiger partial charge in [-0.25, -0.2) is 0 Å². The van der Waals surface area contributed by atoms with Gasteiger partial charge in [-0.3, -0.25) is 33.6 Å². The number of carboxylic acid groups (broad SMARTS) is 1. The molecule has 1 rings (SSSR count). The number of benzene rings is 1. The zero-order valence-electron chi connectivity index (χ0n) is 23.2. The molecule has 43 heavy (non-hydrogen) atoms. The molecule has 0 aromatic heterocycles. The minimum Gasteiger partial charge on any atom is -0.480 e. The van der Waals surface area contributed by atoms with Gasteiger partial charge in [-0.05, 0) is 18.9 Å².